The molecule has 0 amide bonds. The van der Waals surface area contributed by atoms with E-state index >= 15 is 0 Å². The molecule has 0 fully saturated rings. The van der Waals surface area contributed by atoms with E-state index in [9.17, 15) is 0 Å². The van der Waals surface area contributed by atoms with Crippen molar-refractivity contribution in [2.75, 3.05) is 5.43 Å². The molecule has 0 bridgehead atoms. The van der Waals surface area contributed by atoms with Crippen molar-refractivity contribution in [3.05, 3.63) is 24.3 Å². The first-order valence-electron chi connectivity index (χ1n) is 4.68. The predicted octanol–water partition coefficient (Wildman–Crippen LogP) is 0.646. The van der Waals surface area contributed by atoms with Crippen LogP contribution in [-0.4, -0.2) is 20.2 Å². The number of aromatic nitrogens is 4. The van der Waals surface area contributed by atoms with E-state index in [1.54, 1.807) is 4.68 Å². The predicted molar refractivity (Wildman–Crippen MR) is 56.7 cm³/mol. The van der Waals surface area contributed by atoms with Gasteiger partial charge in [-0.15, -0.1) is 5.10 Å². The molecule has 0 spiro atoms. The first kappa shape index (κ1) is 9.60. The number of hydrogen-bond acceptors (Lipinski definition) is 5. The molecule has 0 aliphatic carbocycles. The molecule has 0 aliphatic rings. The summed E-state index contributed by atoms with van der Waals surface area (Å²) < 4.78 is 1.74. The van der Waals surface area contributed by atoms with E-state index in [4.69, 9.17) is 5.84 Å². The molecule has 15 heavy (non-hydrogen) atoms. The smallest absolute Gasteiger partial charge is 0.182 e. The first-order chi connectivity index (χ1) is 7.35. The molecule has 0 unspecified atom stereocenters. The van der Waals surface area contributed by atoms with Gasteiger partial charge in [0.2, 0.25) is 0 Å². The van der Waals surface area contributed by atoms with Crippen molar-refractivity contribution < 1.29 is 0 Å². The molecule has 0 saturated heterocycles. The molecule has 3 N–H and O–H groups in total. The molecule has 6 nitrogen and oxygen atoms in total. The van der Waals surface area contributed by atoms with Gasteiger partial charge in [0.05, 0.1) is 0 Å². The van der Waals surface area contributed by atoms with Crippen LogP contribution in [0.2, 0.25) is 0 Å². The van der Waals surface area contributed by atoms with Gasteiger partial charge in [-0.3, -0.25) is 5.84 Å². The molecule has 1 aromatic heterocycles. The fourth-order valence-electron chi connectivity index (χ4n) is 1.34. The third kappa shape index (κ3) is 1.79. The summed E-state index contributed by atoms with van der Waals surface area (Å²) in [7, 11) is 0. The molecule has 0 atom stereocenters. The summed E-state index contributed by atoms with van der Waals surface area (Å²) in [5.74, 6) is 6.04. The minimum Gasteiger partial charge on any atom is -0.324 e. The van der Waals surface area contributed by atoms with Crippen LogP contribution in [0, 0.1) is 0 Å². The van der Waals surface area contributed by atoms with Crippen LogP contribution in [0.3, 0.4) is 0 Å². The van der Waals surface area contributed by atoms with Crippen molar-refractivity contribution in [1.29, 1.82) is 0 Å². The summed E-state index contributed by atoms with van der Waals surface area (Å²) in [5, 5.41) is 11.5. The van der Waals surface area contributed by atoms with E-state index < -0.39 is 0 Å². The van der Waals surface area contributed by atoms with Gasteiger partial charge < -0.3 is 5.43 Å². The Morgan fingerprint density at radius 2 is 2.07 bits per heavy atom. The standard InChI is InChI=1S/C9H12N6/c1-2-15-9(12-13-14-15)7-3-5-8(11-10)6-4-7/h3-6,11H,2,10H2,1H3. The SMILES string of the molecule is CCn1nnnc1-c1ccc(NN)cc1. The molecule has 0 radical (unpaired) electrons. The summed E-state index contributed by atoms with van der Waals surface area (Å²) in [6, 6.07) is 7.61. The Bertz CT molecular complexity index is 432. The Morgan fingerprint density at radius 1 is 1.33 bits per heavy atom. The van der Waals surface area contributed by atoms with E-state index in [-0.39, 0.29) is 0 Å². The van der Waals surface area contributed by atoms with Gasteiger partial charge in [0.15, 0.2) is 5.82 Å². The van der Waals surface area contributed by atoms with Gasteiger partial charge in [-0.05, 0) is 41.6 Å². The molecule has 0 saturated carbocycles. The summed E-state index contributed by atoms with van der Waals surface area (Å²) in [6.45, 7) is 2.74. The lowest BCUT2D eigenvalue weighted by atomic mass is 10.2. The summed E-state index contributed by atoms with van der Waals surface area (Å²) in [5.41, 5.74) is 4.40. The number of benzene rings is 1. The molecule has 2 rings (SSSR count). The number of hydrazine groups is 1. The Balaban J connectivity index is 2.37. The number of nitrogens with zero attached hydrogens (tertiary/aromatic N) is 4. The van der Waals surface area contributed by atoms with Gasteiger partial charge in [-0.2, -0.15) is 0 Å². The number of hydrogen-bond donors (Lipinski definition) is 2. The molecule has 1 aromatic carbocycles. The Morgan fingerprint density at radius 3 is 2.67 bits per heavy atom. The highest BCUT2D eigenvalue weighted by Gasteiger charge is 2.06. The van der Waals surface area contributed by atoms with Crippen LogP contribution in [0.1, 0.15) is 6.92 Å². The van der Waals surface area contributed by atoms with Crippen molar-refractivity contribution in [3.63, 3.8) is 0 Å². The van der Waals surface area contributed by atoms with Gasteiger partial charge >= 0.3 is 0 Å². The zero-order valence-electron chi connectivity index (χ0n) is 8.38. The molecular formula is C9H12N6. The van der Waals surface area contributed by atoms with E-state index in [0.717, 1.165) is 23.6 Å². The topological polar surface area (TPSA) is 81.7 Å². The fraction of sp³-hybridized carbons (Fsp3) is 0.222. The molecule has 0 aliphatic heterocycles. The molecule has 6 heteroatoms. The highest BCUT2D eigenvalue weighted by Crippen LogP contribution is 2.17. The van der Waals surface area contributed by atoms with E-state index in [2.05, 4.69) is 21.0 Å². The third-order valence-corrected chi connectivity index (χ3v) is 2.14. The first-order valence-corrected chi connectivity index (χ1v) is 4.68. The van der Waals surface area contributed by atoms with Crippen molar-refractivity contribution in [2.45, 2.75) is 13.5 Å². The number of rotatable bonds is 3. The Labute approximate surface area is 87.1 Å². The number of aryl methyl sites for hydroxylation is 1. The second-order valence-corrected chi connectivity index (χ2v) is 3.04. The van der Waals surface area contributed by atoms with Crippen LogP contribution in [-0.2, 0) is 6.54 Å². The van der Waals surface area contributed by atoms with Crippen molar-refractivity contribution in [3.8, 4) is 11.4 Å². The van der Waals surface area contributed by atoms with Crippen LogP contribution in [0.4, 0.5) is 5.69 Å². The Kier molecular flexibility index (Phi) is 2.59. The quantitative estimate of drug-likeness (QED) is 0.566. The summed E-state index contributed by atoms with van der Waals surface area (Å²) in [6.07, 6.45) is 0. The minimum atomic E-state index is 0.749. The maximum Gasteiger partial charge on any atom is 0.182 e. The van der Waals surface area contributed by atoms with Crippen LogP contribution >= 0.6 is 0 Å². The molecule has 78 valence electrons. The van der Waals surface area contributed by atoms with Gasteiger partial charge in [0.1, 0.15) is 0 Å². The highest BCUT2D eigenvalue weighted by molar-refractivity contribution is 5.59. The number of tetrazole rings is 1. The summed E-state index contributed by atoms with van der Waals surface area (Å²) >= 11 is 0. The molecule has 1 heterocycles. The highest BCUT2D eigenvalue weighted by atomic mass is 15.5. The second kappa shape index (κ2) is 4.05. The van der Waals surface area contributed by atoms with Crippen LogP contribution in [0.25, 0.3) is 11.4 Å². The summed E-state index contributed by atoms with van der Waals surface area (Å²) in [4.78, 5) is 0. The average molecular weight is 204 g/mol. The number of nitrogens with two attached hydrogens (primary N) is 1. The maximum absolute atomic E-state index is 5.28. The molecular weight excluding hydrogens is 192 g/mol. The Hall–Kier alpha value is -1.95. The zero-order valence-corrected chi connectivity index (χ0v) is 8.38. The largest absolute Gasteiger partial charge is 0.324 e. The lowest BCUT2D eigenvalue weighted by Gasteiger charge is -2.03. The fourth-order valence-corrected chi connectivity index (χ4v) is 1.34. The van der Waals surface area contributed by atoms with Gasteiger partial charge in [-0.25, -0.2) is 4.68 Å². The van der Waals surface area contributed by atoms with Gasteiger partial charge in [0, 0.05) is 17.8 Å². The molecule has 2 aromatic rings. The van der Waals surface area contributed by atoms with E-state index in [0.29, 0.717) is 0 Å². The second-order valence-electron chi connectivity index (χ2n) is 3.04. The number of nitrogen functional groups attached to an aromatic ring is 1. The maximum atomic E-state index is 5.28. The van der Waals surface area contributed by atoms with Crippen molar-refractivity contribution in [2.24, 2.45) is 5.84 Å². The number of anilines is 1. The van der Waals surface area contributed by atoms with Crippen LogP contribution < -0.4 is 11.3 Å². The lowest BCUT2D eigenvalue weighted by molar-refractivity contribution is 0.631. The third-order valence-electron chi connectivity index (χ3n) is 2.14. The minimum absolute atomic E-state index is 0.749. The van der Waals surface area contributed by atoms with Crippen molar-refractivity contribution in [1.82, 2.24) is 20.2 Å². The van der Waals surface area contributed by atoms with Gasteiger partial charge in [0.25, 0.3) is 0 Å². The normalized spacial score (nSPS) is 10.3. The monoisotopic (exact) mass is 204 g/mol. The van der Waals surface area contributed by atoms with E-state index in [1.165, 1.54) is 0 Å². The van der Waals surface area contributed by atoms with Crippen molar-refractivity contribution >= 4 is 5.69 Å². The number of nitrogens with one attached hydrogen (secondary N) is 1. The van der Waals surface area contributed by atoms with Crippen LogP contribution in [0.5, 0.6) is 0 Å². The van der Waals surface area contributed by atoms with Crippen LogP contribution in [0.15, 0.2) is 24.3 Å². The van der Waals surface area contributed by atoms with E-state index in [1.807, 2.05) is 31.2 Å². The zero-order chi connectivity index (χ0) is 10.7. The van der Waals surface area contributed by atoms with Gasteiger partial charge in [-0.1, -0.05) is 0 Å². The lowest BCUT2D eigenvalue weighted by Crippen LogP contribution is -2.06. The average Bonchev–Trinajstić information content (AvgIpc) is 2.77.